The second-order valence-corrected chi connectivity index (χ2v) is 5.41. The largest absolute Gasteiger partial charge is 0.354 e. The van der Waals surface area contributed by atoms with Gasteiger partial charge in [-0.3, -0.25) is 15.4 Å². The molecule has 1 saturated heterocycles. The van der Waals surface area contributed by atoms with Crippen molar-refractivity contribution in [1.82, 2.24) is 15.8 Å². The number of benzene rings is 1. The Bertz CT molecular complexity index is 678. The Balaban J connectivity index is 1.56. The SMILES string of the molecule is O=C(NC(=O)C1CCNCC1)Nc1cc(-c2ccccc2)on1. The number of nitrogens with one attached hydrogen (secondary N) is 3. The molecule has 1 aromatic heterocycles. The van der Waals surface area contributed by atoms with E-state index < -0.39 is 6.03 Å². The molecule has 3 amide bonds. The summed E-state index contributed by atoms with van der Waals surface area (Å²) < 4.78 is 5.19. The zero-order valence-electron chi connectivity index (χ0n) is 12.5. The van der Waals surface area contributed by atoms with Crippen molar-refractivity contribution < 1.29 is 14.1 Å². The maximum absolute atomic E-state index is 12.0. The normalized spacial score (nSPS) is 15.1. The lowest BCUT2D eigenvalue weighted by Gasteiger charge is -2.21. The van der Waals surface area contributed by atoms with E-state index in [9.17, 15) is 9.59 Å². The Morgan fingerprint density at radius 2 is 1.91 bits per heavy atom. The first-order valence-electron chi connectivity index (χ1n) is 7.57. The van der Waals surface area contributed by atoms with Crippen molar-refractivity contribution in [3.63, 3.8) is 0 Å². The molecule has 7 nitrogen and oxygen atoms in total. The lowest BCUT2D eigenvalue weighted by molar-refractivity contribution is -0.124. The van der Waals surface area contributed by atoms with E-state index in [0.717, 1.165) is 31.5 Å². The second kappa shape index (κ2) is 7.06. The molecule has 7 heteroatoms. The van der Waals surface area contributed by atoms with Gasteiger partial charge in [-0.15, -0.1) is 0 Å². The predicted molar refractivity (Wildman–Crippen MR) is 84.7 cm³/mol. The fraction of sp³-hybridized carbons (Fsp3) is 0.312. The monoisotopic (exact) mass is 314 g/mol. The van der Waals surface area contributed by atoms with Crippen molar-refractivity contribution in [2.24, 2.45) is 5.92 Å². The van der Waals surface area contributed by atoms with Crippen molar-refractivity contribution in [3.05, 3.63) is 36.4 Å². The summed E-state index contributed by atoms with van der Waals surface area (Å²) in [7, 11) is 0. The summed E-state index contributed by atoms with van der Waals surface area (Å²) in [5, 5.41) is 11.8. The number of hydrogen-bond donors (Lipinski definition) is 3. The molecular formula is C16H18N4O3. The second-order valence-electron chi connectivity index (χ2n) is 5.41. The van der Waals surface area contributed by atoms with E-state index in [0.29, 0.717) is 5.76 Å². The van der Waals surface area contributed by atoms with Gasteiger partial charge in [-0.1, -0.05) is 35.5 Å². The molecule has 120 valence electrons. The van der Waals surface area contributed by atoms with Gasteiger partial charge in [-0.2, -0.15) is 0 Å². The highest BCUT2D eigenvalue weighted by Crippen LogP contribution is 2.21. The number of nitrogens with zero attached hydrogens (tertiary/aromatic N) is 1. The number of rotatable bonds is 3. The number of urea groups is 1. The first-order chi connectivity index (χ1) is 11.2. The zero-order valence-corrected chi connectivity index (χ0v) is 12.5. The van der Waals surface area contributed by atoms with Crippen LogP contribution >= 0.6 is 0 Å². The highest BCUT2D eigenvalue weighted by molar-refractivity contribution is 6.01. The molecule has 0 radical (unpaired) electrons. The van der Waals surface area contributed by atoms with Gasteiger partial charge in [0.2, 0.25) is 5.91 Å². The summed E-state index contributed by atoms with van der Waals surface area (Å²) in [6, 6.07) is 10.4. The summed E-state index contributed by atoms with van der Waals surface area (Å²) in [4.78, 5) is 23.9. The zero-order chi connectivity index (χ0) is 16.1. The minimum Gasteiger partial charge on any atom is -0.354 e. The van der Waals surface area contributed by atoms with Crippen LogP contribution in [-0.4, -0.2) is 30.2 Å². The molecule has 0 atom stereocenters. The van der Waals surface area contributed by atoms with E-state index in [-0.39, 0.29) is 17.6 Å². The van der Waals surface area contributed by atoms with Gasteiger partial charge in [0.25, 0.3) is 0 Å². The van der Waals surface area contributed by atoms with Gasteiger partial charge in [0.1, 0.15) is 0 Å². The minimum atomic E-state index is -0.596. The van der Waals surface area contributed by atoms with Gasteiger partial charge in [0.15, 0.2) is 11.6 Å². The van der Waals surface area contributed by atoms with E-state index in [4.69, 9.17) is 4.52 Å². The van der Waals surface area contributed by atoms with Crippen LogP contribution in [0.5, 0.6) is 0 Å². The van der Waals surface area contributed by atoms with Crippen LogP contribution in [0.15, 0.2) is 40.9 Å². The number of carbonyl (C=O) groups is 2. The van der Waals surface area contributed by atoms with Crippen LogP contribution in [0.25, 0.3) is 11.3 Å². The first kappa shape index (κ1) is 15.2. The van der Waals surface area contributed by atoms with Crippen molar-refractivity contribution in [3.8, 4) is 11.3 Å². The molecule has 0 bridgehead atoms. The Kier molecular flexibility index (Phi) is 4.68. The Morgan fingerprint density at radius 1 is 1.17 bits per heavy atom. The predicted octanol–water partition coefficient (Wildman–Crippen LogP) is 1.99. The van der Waals surface area contributed by atoms with Gasteiger partial charge >= 0.3 is 6.03 Å². The van der Waals surface area contributed by atoms with Crippen LogP contribution in [-0.2, 0) is 4.79 Å². The molecule has 23 heavy (non-hydrogen) atoms. The van der Waals surface area contributed by atoms with Crippen molar-refractivity contribution in [2.45, 2.75) is 12.8 Å². The molecule has 3 N–H and O–H groups in total. The number of piperidine rings is 1. The molecule has 3 rings (SSSR count). The van der Waals surface area contributed by atoms with Crippen LogP contribution in [0.2, 0.25) is 0 Å². The number of aromatic nitrogens is 1. The maximum Gasteiger partial charge on any atom is 0.327 e. The van der Waals surface area contributed by atoms with E-state index in [2.05, 4.69) is 21.1 Å². The van der Waals surface area contributed by atoms with Crippen LogP contribution in [0.3, 0.4) is 0 Å². The summed E-state index contributed by atoms with van der Waals surface area (Å²) in [5.74, 6) is 0.431. The van der Waals surface area contributed by atoms with E-state index in [1.54, 1.807) is 6.07 Å². The highest BCUT2D eigenvalue weighted by Gasteiger charge is 2.22. The fourth-order valence-electron chi connectivity index (χ4n) is 2.52. The van der Waals surface area contributed by atoms with Gasteiger partial charge in [0.05, 0.1) is 0 Å². The van der Waals surface area contributed by atoms with Crippen LogP contribution < -0.4 is 16.0 Å². The van der Waals surface area contributed by atoms with Gasteiger partial charge < -0.3 is 9.84 Å². The highest BCUT2D eigenvalue weighted by atomic mass is 16.5. The molecule has 0 unspecified atom stereocenters. The smallest absolute Gasteiger partial charge is 0.327 e. The van der Waals surface area contributed by atoms with E-state index >= 15 is 0 Å². The van der Waals surface area contributed by atoms with Crippen molar-refractivity contribution >= 4 is 17.8 Å². The first-order valence-corrected chi connectivity index (χ1v) is 7.57. The average molecular weight is 314 g/mol. The number of carbonyl (C=O) groups excluding carboxylic acids is 2. The van der Waals surface area contributed by atoms with Gasteiger partial charge in [0, 0.05) is 17.5 Å². The van der Waals surface area contributed by atoms with E-state index in [1.807, 2.05) is 30.3 Å². The number of imide groups is 1. The third-order valence-corrected chi connectivity index (χ3v) is 3.76. The van der Waals surface area contributed by atoms with Crippen molar-refractivity contribution in [1.29, 1.82) is 0 Å². The Hall–Kier alpha value is -2.67. The molecule has 1 fully saturated rings. The minimum absolute atomic E-state index is 0.126. The summed E-state index contributed by atoms with van der Waals surface area (Å²) in [6.45, 7) is 1.59. The van der Waals surface area contributed by atoms with E-state index in [1.165, 1.54) is 0 Å². The van der Waals surface area contributed by atoms with Crippen LogP contribution in [0, 0.1) is 5.92 Å². The van der Waals surface area contributed by atoms with Crippen LogP contribution in [0.1, 0.15) is 12.8 Å². The summed E-state index contributed by atoms with van der Waals surface area (Å²) >= 11 is 0. The summed E-state index contributed by atoms with van der Waals surface area (Å²) in [6.07, 6.45) is 1.47. The van der Waals surface area contributed by atoms with Gasteiger partial charge in [-0.25, -0.2) is 4.79 Å². The van der Waals surface area contributed by atoms with Crippen molar-refractivity contribution in [2.75, 3.05) is 18.4 Å². The lowest BCUT2D eigenvalue weighted by Crippen LogP contribution is -2.42. The molecule has 1 aliphatic heterocycles. The third-order valence-electron chi connectivity index (χ3n) is 3.76. The standard InChI is InChI=1S/C16H18N4O3/c21-15(12-6-8-17-9-7-12)19-16(22)18-14-10-13(23-20-14)11-4-2-1-3-5-11/h1-5,10,12,17H,6-9H2,(H2,18,19,20,21,22). The molecule has 0 spiro atoms. The number of amides is 3. The molecule has 0 aliphatic carbocycles. The summed E-state index contributed by atoms with van der Waals surface area (Å²) in [5.41, 5.74) is 0.860. The number of hydrogen-bond acceptors (Lipinski definition) is 5. The third kappa shape index (κ3) is 3.95. The molecule has 2 aromatic rings. The lowest BCUT2D eigenvalue weighted by atomic mass is 9.97. The molecule has 1 aliphatic rings. The quantitative estimate of drug-likeness (QED) is 0.805. The molecule has 0 saturated carbocycles. The van der Waals surface area contributed by atoms with Crippen LogP contribution in [0.4, 0.5) is 10.6 Å². The maximum atomic E-state index is 12.0. The molecule has 2 heterocycles. The molecular weight excluding hydrogens is 296 g/mol. The molecule has 1 aromatic carbocycles. The van der Waals surface area contributed by atoms with Gasteiger partial charge in [-0.05, 0) is 25.9 Å². The number of anilines is 1. The fourth-order valence-corrected chi connectivity index (χ4v) is 2.52. The average Bonchev–Trinajstić information content (AvgIpc) is 3.04. The Labute approximate surface area is 133 Å². The Morgan fingerprint density at radius 3 is 2.65 bits per heavy atom. The topological polar surface area (TPSA) is 96.3 Å².